The van der Waals surface area contributed by atoms with Gasteiger partial charge in [-0.15, -0.1) is 0 Å². The summed E-state index contributed by atoms with van der Waals surface area (Å²) in [5.41, 5.74) is 10.4. The lowest BCUT2D eigenvalue weighted by Crippen LogP contribution is -2.00. The van der Waals surface area contributed by atoms with Crippen LogP contribution in [-0.2, 0) is 0 Å². The summed E-state index contributed by atoms with van der Waals surface area (Å²) in [4.78, 5) is 0. The third kappa shape index (κ3) is 4.24. The van der Waals surface area contributed by atoms with Crippen molar-refractivity contribution in [2.75, 3.05) is 0 Å². The third-order valence-electron chi connectivity index (χ3n) is 9.65. The number of aromatic nitrogens is 2. The van der Waals surface area contributed by atoms with Crippen LogP contribution in [0.4, 0.5) is 0 Å². The molecule has 2 heterocycles. The van der Waals surface area contributed by atoms with Gasteiger partial charge in [0, 0.05) is 43.9 Å². The van der Waals surface area contributed by atoms with Crippen molar-refractivity contribution in [3.8, 4) is 51.8 Å². The van der Waals surface area contributed by atoms with E-state index in [-0.39, 0.29) is 0 Å². The van der Waals surface area contributed by atoms with Crippen LogP contribution in [0.3, 0.4) is 0 Å². The van der Waals surface area contributed by atoms with Crippen molar-refractivity contribution in [2.24, 2.45) is 0 Å². The van der Waals surface area contributed by atoms with Gasteiger partial charge < -0.3 is 9.13 Å². The lowest BCUT2D eigenvalue weighted by molar-refractivity contribution is 1.18. The van der Waals surface area contributed by atoms with Crippen molar-refractivity contribution in [1.29, 1.82) is 15.8 Å². The Kier molecular flexibility index (Phi) is 6.56. The highest BCUT2D eigenvalue weighted by Crippen LogP contribution is 2.41. The Morgan fingerprint density at radius 1 is 0.420 bits per heavy atom. The van der Waals surface area contributed by atoms with E-state index < -0.39 is 0 Å². The molecule has 0 atom stereocenters. The molecule has 0 aliphatic heterocycles. The van der Waals surface area contributed by atoms with Crippen LogP contribution < -0.4 is 0 Å². The minimum absolute atomic E-state index is 0.433. The van der Waals surface area contributed by atoms with E-state index in [1.165, 1.54) is 0 Å². The summed E-state index contributed by atoms with van der Waals surface area (Å²) in [5.74, 6) is 0. The fourth-order valence-corrected chi connectivity index (χ4v) is 7.54. The summed E-state index contributed by atoms with van der Waals surface area (Å²) in [6.45, 7) is 0. The lowest BCUT2D eigenvalue weighted by atomic mass is 9.88. The Morgan fingerprint density at radius 2 is 1.04 bits per heavy atom. The maximum Gasteiger partial charge on any atom is 0.100 e. The number of fused-ring (bicyclic) bond motifs is 6. The molecule has 0 bridgehead atoms. The van der Waals surface area contributed by atoms with Gasteiger partial charge in [-0.25, -0.2) is 0 Å². The highest BCUT2D eigenvalue weighted by Gasteiger charge is 2.22. The SMILES string of the molecule is N#Cc1ccc2c(c1)c1ccccc1n2-c1ccccc1-c1ccc(C#N)c(-c2cccc(-n3c4ccccc4c4ccccc43)c2)c1C#N. The van der Waals surface area contributed by atoms with E-state index in [2.05, 4.69) is 94.1 Å². The first kappa shape index (κ1) is 28.8. The fraction of sp³-hybridized carbons (Fsp3) is 0. The molecular formula is C45H25N5. The highest BCUT2D eigenvalue weighted by atomic mass is 15.0. The van der Waals surface area contributed by atoms with Crippen LogP contribution >= 0.6 is 0 Å². The van der Waals surface area contributed by atoms with Crippen molar-refractivity contribution in [2.45, 2.75) is 0 Å². The minimum atomic E-state index is 0.433. The van der Waals surface area contributed by atoms with Gasteiger partial charge in [-0.1, -0.05) is 91.0 Å². The van der Waals surface area contributed by atoms with Gasteiger partial charge in [0.15, 0.2) is 0 Å². The number of para-hydroxylation sites is 4. The van der Waals surface area contributed by atoms with Crippen molar-refractivity contribution >= 4 is 43.6 Å². The van der Waals surface area contributed by atoms with Gasteiger partial charge in [-0.2, -0.15) is 15.8 Å². The molecule has 0 saturated carbocycles. The second kappa shape index (κ2) is 11.4. The summed E-state index contributed by atoms with van der Waals surface area (Å²) in [7, 11) is 0. The zero-order valence-corrected chi connectivity index (χ0v) is 26.7. The first-order valence-corrected chi connectivity index (χ1v) is 16.3. The zero-order valence-electron chi connectivity index (χ0n) is 26.7. The van der Waals surface area contributed by atoms with Gasteiger partial charge in [-0.05, 0) is 66.2 Å². The Balaban J connectivity index is 1.28. The predicted molar refractivity (Wildman–Crippen MR) is 200 cm³/mol. The first-order valence-electron chi connectivity index (χ1n) is 16.3. The van der Waals surface area contributed by atoms with E-state index in [0.29, 0.717) is 22.3 Å². The number of benzene rings is 7. The summed E-state index contributed by atoms with van der Waals surface area (Å²) >= 11 is 0. The molecule has 0 unspecified atom stereocenters. The first-order chi connectivity index (χ1) is 24.7. The Morgan fingerprint density at radius 3 is 1.72 bits per heavy atom. The topological polar surface area (TPSA) is 81.2 Å². The summed E-state index contributed by atoms with van der Waals surface area (Å²) < 4.78 is 4.44. The average Bonchev–Trinajstić information content (AvgIpc) is 3.70. The molecule has 0 amide bonds. The maximum atomic E-state index is 10.9. The minimum Gasteiger partial charge on any atom is -0.309 e. The van der Waals surface area contributed by atoms with Crippen LogP contribution in [0.5, 0.6) is 0 Å². The lowest BCUT2D eigenvalue weighted by Gasteiger charge is -2.18. The number of rotatable bonds is 4. The van der Waals surface area contributed by atoms with E-state index in [1.807, 2.05) is 84.9 Å². The second-order valence-electron chi connectivity index (χ2n) is 12.3. The molecule has 9 rings (SSSR count). The maximum absolute atomic E-state index is 10.9. The van der Waals surface area contributed by atoms with Crippen LogP contribution in [-0.4, -0.2) is 9.13 Å². The van der Waals surface area contributed by atoms with Gasteiger partial charge in [0.2, 0.25) is 0 Å². The summed E-state index contributed by atoms with van der Waals surface area (Å²) in [6.07, 6.45) is 0. The number of hydrogen-bond donors (Lipinski definition) is 0. The smallest absolute Gasteiger partial charge is 0.100 e. The van der Waals surface area contributed by atoms with Crippen molar-refractivity contribution in [3.63, 3.8) is 0 Å². The molecule has 50 heavy (non-hydrogen) atoms. The molecule has 9 aromatic rings. The molecule has 0 fully saturated rings. The normalized spacial score (nSPS) is 11.1. The van der Waals surface area contributed by atoms with Gasteiger partial charge >= 0.3 is 0 Å². The Bertz CT molecular complexity index is 2920. The molecule has 0 saturated heterocycles. The van der Waals surface area contributed by atoms with Crippen molar-refractivity contribution in [1.82, 2.24) is 9.13 Å². The number of hydrogen-bond acceptors (Lipinski definition) is 3. The van der Waals surface area contributed by atoms with Gasteiger partial charge in [0.1, 0.15) is 6.07 Å². The molecule has 5 nitrogen and oxygen atoms in total. The van der Waals surface area contributed by atoms with Crippen LogP contribution in [0, 0.1) is 34.0 Å². The van der Waals surface area contributed by atoms with Crippen LogP contribution in [0.25, 0.3) is 77.2 Å². The van der Waals surface area contributed by atoms with E-state index in [9.17, 15) is 15.8 Å². The van der Waals surface area contributed by atoms with Crippen LogP contribution in [0.2, 0.25) is 0 Å². The summed E-state index contributed by atoms with van der Waals surface area (Å²) in [6, 6.07) is 57.7. The van der Waals surface area contributed by atoms with E-state index in [0.717, 1.165) is 71.7 Å². The molecular weight excluding hydrogens is 611 g/mol. The van der Waals surface area contributed by atoms with E-state index in [4.69, 9.17) is 0 Å². The van der Waals surface area contributed by atoms with E-state index >= 15 is 0 Å². The molecule has 0 N–H and O–H groups in total. The largest absolute Gasteiger partial charge is 0.309 e. The zero-order chi connectivity index (χ0) is 33.8. The summed E-state index contributed by atoms with van der Waals surface area (Å²) in [5, 5.41) is 35.3. The molecule has 230 valence electrons. The predicted octanol–water partition coefficient (Wildman–Crippen LogP) is 10.8. The molecule has 0 aliphatic carbocycles. The Hall–Kier alpha value is -7.39. The van der Waals surface area contributed by atoms with Crippen molar-refractivity contribution < 1.29 is 0 Å². The fourth-order valence-electron chi connectivity index (χ4n) is 7.54. The molecule has 5 heteroatoms. The van der Waals surface area contributed by atoms with Crippen molar-refractivity contribution in [3.05, 3.63) is 168 Å². The quantitative estimate of drug-likeness (QED) is 0.193. The van der Waals surface area contributed by atoms with Gasteiger partial charge in [0.05, 0.1) is 56.6 Å². The number of nitrogens with zero attached hydrogens (tertiary/aromatic N) is 5. The highest BCUT2D eigenvalue weighted by molar-refractivity contribution is 6.11. The molecule has 0 spiro atoms. The van der Waals surface area contributed by atoms with Crippen LogP contribution in [0.1, 0.15) is 16.7 Å². The third-order valence-corrected chi connectivity index (χ3v) is 9.65. The second-order valence-corrected chi connectivity index (χ2v) is 12.3. The molecule has 2 aromatic heterocycles. The van der Waals surface area contributed by atoms with Gasteiger partial charge in [0.25, 0.3) is 0 Å². The molecule has 0 aliphatic rings. The van der Waals surface area contributed by atoms with Gasteiger partial charge in [-0.3, -0.25) is 0 Å². The van der Waals surface area contributed by atoms with Crippen LogP contribution in [0.15, 0.2) is 152 Å². The standard InChI is InChI=1S/C45H25N5/c46-26-29-20-23-44-38(24-29)37-15-4-8-19-43(37)50(44)42-18-7-1-12-34(42)33-22-21-31(27-47)45(39(33)28-48)30-10-9-11-32(25-30)49-40-16-5-2-13-35(40)36-14-3-6-17-41(36)49/h1-25H. The molecule has 7 aromatic carbocycles. The Labute approximate surface area is 287 Å². The molecule has 0 radical (unpaired) electrons. The average molecular weight is 636 g/mol. The monoisotopic (exact) mass is 635 g/mol. The number of nitriles is 3. The van der Waals surface area contributed by atoms with E-state index in [1.54, 1.807) is 0 Å².